The Morgan fingerprint density at radius 3 is 1.31 bits per heavy atom. The van der Waals surface area contributed by atoms with Crippen molar-refractivity contribution in [3.05, 3.63) is 97.2 Å². The molecule has 0 fully saturated rings. The summed E-state index contributed by atoms with van der Waals surface area (Å²) in [5, 5.41) is 0. The summed E-state index contributed by atoms with van der Waals surface area (Å²) in [6.45, 7) is 4.21. The van der Waals surface area contributed by atoms with Crippen LogP contribution in [0, 0.1) is 0 Å². The van der Waals surface area contributed by atoms with Crippen molar-refractivity contribution in [2.45, 2.75) is 148 Å². The van der Waals surface area contributed by atoms with Crippen LogP contribution >= 0.6 is 7.82 Å². The van der Waals surface area contributed by atoms with Gasteiger partial charge in [-0.25, -0.2) is 4.57 Å². The number of esters is 2. The number of unbranched alkanes of at least 4 members (excludes halogenated alkanes) is 8. The molecule has 9 nitrogen and oxygen atoms in total. The van der Waals surface area contributed by atoms with Gasteiger partial charge < -0.3 is 18.9 Å². The molecule has 10 heteroatoms. The maximum Gasteiger partial charge on any atom is 0.472 e. The lowest BCUT2D eigenvalue weighted by Crippen LogP contribution is -2.37. The van der Waals surface area contributed by atoms with Crippen LogP contribution in [0.4, 0.5) is 0 Å². The summed E-state index contributed by atoms with van der Waals surface area (Å²) >= 11 is 0. The first-order valence-electron chi connectivity index (χ1n) is 22.0. The minimum Gasteiger partial charge on any atom is -0.462 e. The number of rotatable bonds is 38. The van der Waals surface area contributed by atoms with Crippen molar-refractivity contribution in [1.29, 1.82) is 0 Å². The van der Waals surface area contributed by atoms with E-state index in [1.54, 1.807) is 0 Å². The molecule has 2 atom stereocenters. The second-order valence-corrected chi connectivity index (χ2v) is 16.8. The molecule has 0 amide bonds. The van der Waals surface area contributed by atoms with Gasteiger partial charge in [0.2, 0.25) is 0 Å². The van der Waals surface area contributed by atoms with Crippen molar-refractivity contribution in [2.75, 3.05) is 47.5 Å². The minimum atomic E-state index is -4.41. The highest BCUT2D eigenvalue weighted by atomic mass is 31.2. The molecule has 0 aromatic rings. The number of likely N-dealkylation sites (N-methyl/N-ethyl adjacent to an activating group) is 1. The quantitative estimate of drug-likeness (QED) is 0.0215. The van der Waals surface area contributed by atoms with Crippen LogP contribution in [0.25, 0.3) is 0 Å². The maximum absolute atomic E-state index is 12.7. The Balaban J connectivity index is 4.58. The fourth-order valence-corrected chi connectivity index (χ4v) is 5.86. The lowest BCUT2D eigenvalue weighted by molar-refractivity contribution is -0.870. The predicted molar refractivity (Wildman–Crippen MR) is 242 cm³/mol. The molecule has 0 bridgehead atoms. The van der Waals surface area contributed by atoms with Gasteiger partial charge in [-0.2, -0.15) is 0 Å². The van der Waals surface area contributed by atoms with E-state index in [1.807, 2.05) is 33.3 Å². The van der Waals surface area contributed by atoms with Crippen molar-refractivity contribution < 1.29 is 42.1 Å². The number of hydrogen-bond acceptors (Lipinski definition) is 7. The highest BCUT2D eigenvalue weighted by Gasteiger charge is 2.27. The molecule has 330 valence electrons. The zero-order valence-electron chi connectivity index (χ0n) is 37.0. The van der Waals surface area contributed by atoms with E-state index in [-0.39, 0.29) is 26.1 Å². The molecule has 0 aliphatic carbocycles. The van der Waals surface area contributed by atoms with E-state index in [1.165, 1.54) is 51.4 Å². The molecule has 0 aliphatic rings. The summed E-state index contributed by atoms with van der Waals surface area (Å²) in [5.41, 5.74) is 0. The van der Waals surface area contributed by atoms with Gasteiger partial charge in [0, 0.05) is 12.8 Å². The van der Waals surface area contributed by atoms with Crippen molar-refractivity contribution in [2.24, 2.45) is 0 Å². The van der Waals surface area contributed by atoms with Crippen LogP contribution < -0.4 is 0 Å². The van der Waals surface area contributed by atoms with E-state index < -0.39 is 32.5 Å². The van der Waals surface area contributed by atoms with Crippen molar-refractivity contribution in [3.8, 4) is 0 Å². The number of ether oxygens (including phenoxy) is 2. The molecule has 0 radical (unpaired) electrons. The van der Waals surface area contributed by atoms with Gasteiger partial charge in [-0.15, -0.1) is 0 Å². The largest absolute Gasteiger partial charge is 0.472 e. The average molecular weight is 831 g/mol. The third-order valence-electron chi connectivity index (χ3n) is 8.59. The Kier molecular flexibility index (Phi) is 37.3. The van der Waals surface area contributed by atoms with Crippen molar-refractivity contribution in [3.63, 3.8) is 0 Å². The fraction of sp³-hybridized carbons (Fsp3) is 0.625. The molecular formula is C48H81NO8P+. The van der Waals surface area contributed by atoms with Gasteiger partial charge in [0.25, 0.3) is 0 Å². The monoisotopic (exact) mass is 831 g/mol. The SMILES string of the molecule is CCCCC/C=C/C/C=C/C/C=C/C/C=C/CCCC(=O)OCC(COP(=O)(O)OCC[N+](C)(C)C)OC(=O)CCC/C=C/C/C=C/C/C=C/C/C=C/CCCCC. The normalized spacial score (nSPS) is 14.5. The number of phosphoric acid groups is 1. The lowest BCUT2D eigenvalue weighted by Gasteiger charge is -2.24. The van der Waals surface area contributed by atoms with Crippen molar-refractivity contribution >= 4 is 19.8 Å². The number of phosphoric ester groups is 1. The third-order valence-corrected chi connectivity index (χ3v) is 9.57. The van der Waals surface area contributed by atoms with E-state index in [4.69, 9.17) is 18.5 Å². The lowest BCUT2D eigenvalue weighted by atomic mass is 10.2. The Labute approximate surface area is 353 Å². The molecule has 0 saturated carbocycles. The van der Waals surface area contributed by atoms with Gasteiger partial charge in [-0.05, 0) is 89.9 Å². The van der Waals surface area contributed by atoms with Gasteiger partial charge in [0.05, 0.1) is 27.7 Å². The summed E-state index contributed by atoms with van der Waals surface area (Å²) in [7, 11) is 1.40. The topological polar surface area (TPSA) is 108 Å². The highest BCUT2D eigenvalue weighted by molar-refractivity contribution is 7.47. The van der Waals surface area contributed by atoms with Crippen LogP contribution in [0.5, 0.6) is 0 Å². The summed E-state index contributed by atoms with van der Waals surface area (Å²) in [5.74, 6) is -0.941. The van der Waals surface area contributed by atoms with Gasteiger partial charge in [0.1, 0.15) is 19.8 Å². The second kappa shape index (κ2) is 39.4. The standard InChI is InChI=1S/C48H80NO8P/c1-6-8-10-12-14-16-18-20-22-24-26-28-30-32-34-36-38-40-47(50)54-44-46(45-56-58(52,53)55-43-42-49(3,4)5)57-48(51)41-39-37-35-33-31-29-27-25-23-21-19-17-15-13-11-9-7-2/h14-17,20-23,26-29,32-35,46H,6-13,18-19,24-25,30-31,36-45H2,1-5H3/p+1/b16-14+,17-15+,22-20+,23-21+,28-26+,29-27+,34-32+,35-33+. The molecule has 0 aliphatic heterocycles. The molecule has 0 spiro atoms. The second-order valence-electron chi connectivity index (χ2n) is 15.4. The molecule has 58 heavy (non-hydrogen) atoms. The molecular weight excluding hydrogens is 750 g/mol. The fourth-order valence-electron chi connectivity index (χ4n) is 5.11. The highest BCUT2D eigenvalue weighted by Crippen LogP contribution is 2.43. The molecule has 0 saturated heterocycles. The number of hydrogen-bond donors (Lipinski definition) is 1. The van der Waals surface area contributed by atoms with Gasteiger partial charge in [0.15, 0.2) is 6.10 Å². The maximum atomic E-state index is 12.7. The first-order chi connectivity index (χ1) is 28.0. The smallest absolute Gasteiger partial charge is 0.462 e. The van der Waals surface area contributed by atoms with E-state index in [2.05, 4.69) is 98.9 Å². The zero-order valence-corrected chi connectivity index (χ0v) is 37.9. The molecule has 1 N–H and O–H groups in total. The van der Waals surface area contributed by atoms with Crippen LogP contribution in [0.1, 0.15) is 142 Å². The molecule has 0 aromatic carbocycles. The Bertz CT molecular complexity index is 1300. The summed E-state index contributed by atoms with van der Waals surface area (Å²) < 4.78 is 34.2. The Morgan fingerprint density at radius 1 is 0.534 bits per heavy atom. The third kappa shape index (κ3) is 42.5. The van der Waals surface area contributed by atoms with Gasteiger partial charge in [-0.3, -0.25) is 18.6 Å². The van der Waals surface area contributed by atoms with Crippen LogP contribution in [0.15, 0.2) is 97.2 Å². The summed E-state index contributed by atoms with van der Waals surface area (Å²) in [4.78, 5) is 35.3. The first kappa shape index (κ1) is 54.9. The average Bonchev–Trinajstić information content (AvgIpc) is 3.17. The molecule has 0 heterocycles. The van der Waals surface area contributed by atoms with Gasteiger partial charge in [-0.1, -0.05) is 137 Å². The van der Waals surface area contributed by atoms with E-state index in [9.17, 15) is 19.0 Å². The van der Waals surface area contributed by atoms with Gasteiger partial charge >= 0.3 is 19.8 Å². The van der Waals surface area contributed by atoms with E-state index >= 15 is 0 Å². The first-order valence-corrected chi connectivity index (χ1v) is 23.5. The molecule has 0 aromatic heterocycles. The molecule has 0 rings (SSSR count). The van der Waals surface area contributed by atoms with Crippen molar-refractivity contribution in [1.82, 2.24) is 0 Å². The number of carbonyl (C=O) groups is 2. The van der Waals surface area contributed by atoms with E-state index in [0.29, 0.717) is 30.3 Å². The summed E-state index contributed by atoms with van der Waals surface area (Å²) in [6.07, 6.45) is 51.8. The Hall–Kier alpha value is -3.07. The zero-order chi connectivity index (χ0) is 42.8. The van der Waals surface area contributed by atoms with Crippen LogP contribution in [-0.4, -0.2) is 74.9 Å². The van der Waals surface area contributed by atoms with Crippen LogP contribution in [0.3, 0.4) is 0 Å². The minimum absolute atomic E-state index is 0.00758. The number of allylic oxidation sites excluding steroid dienone is 16. The van der Waals surface area contributed by atoms with Crippen LogP contribution in [-0.2, 0) is 32.7 Å². The van der Waals surface area contributed by atoms with E-state index in [0.717, 1.165) is 44.9 Å². The molecule has 2 unspecified atom stereocenters. The number of quaternary nitrogens is 1. The Morgan fingerprint density at radius 2 is 0.914 bits per heavy atom. The van der Waals surface area contributed by atoms with Crippen LogP contribution in [0.2, 0.25) is 0 Å². The number of nitrogens with zero attached hydrogens (tertiary/aromatic N) is 1. The number of carbonyl (C=O) groups excluding carboxylic acids is 2. The predicted octanol–water partition coefficient (Wildman–Crippen LogP) is 12.6. The summed E-state index contributed by atoms with van der Waals surface area (Å²) in [6, 6.07) is 0.